The second-order valence-corrected chi connectivity index (χ2v) is 8.45. The second-order valence-electron chi connectivity index (χ2n) is 8.45. The first kappa shape index (κ1) is 20.2. The molecule has 4 heterocycles. The molecule has 1 N–H and O–H groups in total. The highest BCUT2D eigenvalue weighted by molar-refractivity contribution is 5.97. The Balaban J connectivity index is 1.18. The summed E-state index contributed by atoms with van der Waals surface area (Å²) >= 11 is 0. The number of carbonyl (C=O) groups excluding carboxylic acids is 1. The van der Waals surface area contributed by atoms with Crippen LogP contribution in [0.1, 0.15) is 10.4 Å². The van der Waals surface area contributed by atoms with Crippen LogP contribution in [0.25, 0.3) is 33.5 Å². The van der Waals surface area contributed by atoms with Crippen molar-refractivity contribution in [2.45, 2.75) is 0 Å². The number of aryl methyl sites for hydroxylation is 1. The van der Waals surface area contributed by atoms with E-state index >= 15 is 0 Å². The number of amides is 1. The first-order valence-corrected chi connectivity index (χ1v) is 11.1. The molecule has 0 atom stereocenters. The Labute approximate surface area is 194 Å². The van der Waals surface area contributed by atoms with Crippen molar-refractivity contribution in [1.29, 1.82) is 0 Å². The van der Waals surface area contributed by atoms with Gasteiger partial charge in [0.15, 0.2) is 5.58 Å². The van der Waals surface area contributed by atoms with Gasteiger partial charge in [-0.3, -0.25) is 14.6 Å². The van der Waals surface area contributed by atoms with Gasteiger partial charge >= 0.3 is 0 Å². The normalized spacial score (nSPS) is 14.3. The Morgan fingerprint density at radius 1 is 1.00 bits per heavy atom. The number of hydrogen-bond acceptors (Lipinski definition) is 6. The van der Waals surface area contributed by atoms with E-state index in [4.69, 9.17) is 4.42 Å². The predicted octanol–water partition coefficient (Wildman–Crippen LogP) is 3.03. The molecule has 0 aliphatic carbocycles. The average molecular weight is 454 g/mol. The van der Waals surface area contributed by atoms with Gasteiger partial charge in [-0.25, -0.2) is 9.97 Å². The molecule has 2 aromatic carbocycles. The molecule has 34 heavy (non-hydrogen) atoms. The molecule has 0 radical (unpaired) electrons. The van der Waals surface area contributed by atoms with Gasteiger partial charge < -0.3 is 18.8 Å². The zero-order valence-corrected chi connectivity index (χ0v) is 18.6. The third-order valence-corrected chi connectivity index (χ3v) is 6.18. The maximum atomic E-state index is 13.2. The molecule has 1 amide bonds. The lowest BCUT2D eigenvalue weighted by Crippen LogP contribution is -2.49. The van der Waals surface area contributed by atoms with Crippen LogP contribution >= 0.6 is 0 Å². The predicted molar refractivity (Wildman–Crippen MR) is 129 cm³/mol. The van der Waals surface area contributed by atoms with Gasteiger partial charge in [0.05, 0.1) is 16.5 Å². The maximum absolute atomic E-state index is 13.2. The molecule has 1 saturated heterocycles. The molecule has 1 aliphatic heterocycles. The minimum Gasteiger partial charge on any atom is -0.436 e. The lowest BCUT2D eigenvalue weighted by Gasteiger charge is -2.35. The number of aromatic amines is 1. The van der Waals surface area contributed by atoms with E-state index in [0.717, 1.165) is 5.56 Å². The van der Waals surface area contributed by atoms with Gasteiger partial charge in [-0.1, -0.05) is 12.1 Å². The number of benzene rings is 2. The Kier molecular flexibility index (Phi) is 4.68. The molecular weight excluding hydrogens is 432 g/mol. The fraction of sp³-hybridized carbons (Fsp3) is 0.200. The van der Waals surface area contributed by atoms with E-state index in [1.54, 1.807) is 18.2 Å². The number of anilines is 1. The third-order valence-electron chi connectivity index (χ3n) is 6.18. The number of para-hydroxylation sites is 1. The summed E-state index contributed by atoms with van der Waals surface area (Å²) < 4.78 is 7.85. The number of H-pyrrole nitrogens is 1. The van der Waals surface area contributed by atoms with Gasteiger partial charge in [0.1, 0.15) is 5.52 Å². The molecule has 0 spiro atoms. The average Bonchev–Trinajstić information content (AvgIpc) is 3.49. The van der Waals surface area contributed by atoms with Crippen LogP contribution in [0.4, 0.5) is 5.95 Å². The summed E-state index contributed by atoms with van der Waals surface area (Å²) in [5, 5.41) is 0.568. The minimum atomic E-state index is -0.158. The molecule has 1 fully saturated rings. The minimum absolute atomic E-state index is 0.0563. The van der Waals surface area contributed by atoms with Crippen LogP contribution in [0.2, 0.25) is 0 Å². The van der Waals surface area contributed by atoms with Crippen LogP contribution in [-0.4, -0.2) is 56.5 Å². The van der Waals surface area contributed by atoms with Gasteiger partial charge in [0.2, 0.25) is 11.8 Å². The number of oxazole rings is 1. The summed E-state index contributed by atoms with van der Waals surface area (Å²) in [6, 6.07) is 14.6. The summed E-state index contributed by atoms with van der Waals surface area (Å²) in [6.45, 7) is 2.21. The van der Waals surface area contributed by atoms with Gasteiger partial charge in [-0.05, 0) is 36.4 Å². The zero-order valence-electron chi connectivity index (χ0n) is 18.6. The topological polar surface area (TPSA) is 100 Å². The summed E-state index contributed by atoms with van der Waals surface area (Å²) in [7, 11) is 1.94. The Morgan fingerprint density at radius 2 is 1.82 bits per heavy atom. The van der Waals surface area contributed by atoms with Crippen molar-refractivity contribution in [3.63, 3.8) is 0 Å². The highest BCUT2D eigenvalue weighted by atomic mass is 16.3. The van der Waals surface area contributed by atoms with Crippen molar-refractivity contribution in [3.8, 4) is 11.5 Å². The van der Waals surface area contributed by atoms with Gasteiger partial charge in [-0.15, -0.1) is 0 Å². The van der Waals surface area contributed by atoms with E-state index in [1.807, 2.05) is 64.1 Å². The quantitative estimate of drug-likeness (QED) is 0.450. The van der Waals surface area contributed by atoms with E-state index in [1.165, 1.54) is 0 Å². The Bertz CT molecular complexity index is 1590. The van der Waals surface area contributed by atoms with E-state index in [2.05, 4.69) is 15.0 Å². The fourth-order valence-corrected chi connectivity index (χ4v) is 4.34. The van der Waals surface area contributed by atoms with E-state index in [-0.39, 0.29) is 11.5 Å². The van der Waals surface area contributed by atoms with Gasteiger partial charge in [0.25, 0.3) is 11.5 Å². The monoisotopic (exact) mass is 454 g/mol. The number of aromatic nitrogens is 4. The number of rotatable bonds is 3. The lowest BCUT2D eigenvalue weighted by atomic mass is 10.1. The van der Waals surface area contributed by atoms with Crippen molar-refractivity contribution < 1.29 is 9.21 Å². The largest absolute Gasteiger partial charge is 0.436 e. The van der Waals surface area contributed by atoms with E-state index in [0.29, 0.717) is 65.6 Å². The van der Waals surface area contributed by atoms with Gasteiger partial charge in [0, 0.05) is 51.2 Å². The molecule has 5 aromatic rings. The zero-order chi connectivity index (χ0) is 23.2. The van der Waals surface area contributed by atoms with Crippen LogP contribution in [0.3, 0.4) is 0 Å². The lowest BCUT2D eigenvalue weighted by molar-refractivity contribution is 0.0746. The molecule has 170 valence electrons. The van der Waals surface area contributed by atoms with Crippen LogP contribution in [0.5, 0.6) is 0 Å². The van der Waals surface area contributed by atoms with E-state index < -0.39 is 0 Å². The van der Waals surface area contributed by atoms with E-state index in [9.17, 15) is 9.59 Å². The number of carbonyl (C=O) groups is 1. The van der Waals surface area contributed by atoms with Gasteiger partial charge in [-0.2, -0.15) is 0 Å². The molecule has 9 nitrogen and oxygen atoms in total. The molecule has 3 aromatic heterocycles. The highest BCUT2D eigenvalue weighted by Crippen LogP contribution is 2.26. The van der Waals surface area contributed by atoms with Crippen molar-refractivity contribution in [2.24, 2.45) is 7.05 Å². The molecule has 1 aliphatic rings. The second kappa shape index (κ2) is 7.87. The molecular formula is C25H22N6O3. The number of fused-ring (bicyclic) bond motifs is 2. The molecule has 0 bridgehead atoms. The summed E-state index contributed by atoms with van der Waals surface area (Å²) in [5.74, 6) is 1.01. The van der Waals surface area contributed by atoms with Crippen LogP contribution in [0.15, 0.2) is 70.1 Å². The highest BCUT2D eigenvalue weighted by Gasteiger charge is 2.24. The standard InChI is InChI=1S/C25H22N6O3/c1-29-9-8-17(15-29)23-26-20-7-6-16(14-21(20)34-23)24(33)30-10-12-31(13-11-30)25-27-19-5-3-2-4-18(19)22(32)28-25/h2-9,14-15H,10-13H2,1H3,(H,27,28,32). The van der Waals surface area contributed by atoms with Crippen LogP contribution in [0, 0.1) is 0 Å². The fourth-order valence-electron chi connectivity index (χ4n) is 4.34. The van der Waals surface area contributed by atoms with Crippen molar-refractivity contribution in [2.75, 3.05) is 31.1 Å². The number of nitrogens with zero attached hydrogens (tertiary/aromatic N) is 5. The number of piperazine rings is 1. The van der Waals surface area contributed by atoms with Crippen molar-refractivity contribution >= 4 is 33.9 Å². The van der Waals surface area contributed by atoms with Crippen LogP contribution in [-0.2, 0) is 7.05 Å². The third kappa shape index (κ3) is 3.51. The SMILES string of the molecule is Cn1ccc(-c2nc3ccc(C(=O)N4CCN(c5nc6ccccc6c(=O)[nH]5)CC4)cc3o2)c1. The summed E-state index contributed by atoms with van der Waals surface area (Å²) in [5.41, 5.74) is 3.26. The van der Waals surface area contributed by atoms with Crippen LogP contribution < -0.4 is 10.5 Å². The van der Waals surface area contributed by atoms with Crippen molar-refractivity contribution in [3.05, 3.63) is 76.8 Å². The Morgan fingerprint density at radius 3 is 2.62 bits per heavy atom. The molecule has 0 unspecified atom stereocenters. The Hall–Kier alpha value is -4.40. The first-order chi connectivity index (χ1) is 16.5. The number of hydrogen-bond donors (Lipinski definition) is 1. The maximum Gasteiger partial charge on any atom is 0.260 e. The first-order valence-electron chi connectivity index (χ1n) is 11.1. The molecule has 6 rings (SSSR count). The van der Waals surface area contributed by atoms with Crippen molar-refractivity contribution in [1.82, 2.24) is 24.4 Å². The summed E-state index contributed by atoms with van der Waals surface area (Å²) in [4.78, 5) is 41.4. The number of nitrogens with one attached hydrogen (secondary N) is 1. The smallest absolute Gasteiger partial charge is 0.260 e. The molecule has 0 saturated carbocycles. The molecule has 9 heteroatoms. The summed E-state index contributed by atoms with van der Waals surface area (Å²) in [6.07, 6.45) is 3.87.